The van der Waals surface area contributed by atoms with Gasteiger partial charge in [-0.2, -0.15) is 0 Å². The maximum absolute atomic E-state index is 12.8. The number of hydrogen-bond donors (Lipinski definition) is 3. The first kappa shape index (κ1) is 23.1. The predicted octanol–water partition coefficient (Wildman–Crippen LogP) is 3.81. The van der Waals surface area contributed by atoms with Crippen molar-refractivity contribution in [3.8, 4) is 28.9 Å². The van der Waals surface area contributed by atoms with E-state index in [0.717, 1.165) is 6.08 Å². The first-order valence-corrected chi connectivity index (χ1v) is 9.64. The van der Waals surface area contributed by atoms with Gasteiger partial charge in [-0.1, -0.05) is 24.3 Å². The molecule has 9 nitrogen and oxygen atoms in total. The lowest BCUT2D eigenvalue weighted by Gasteiger charge is -2.10. The number of benzene rings is 2. The Bertz CT molecular complexity index is 1320. The fraction of sp³-hybridized carbons (Fsp3) is 0.125. The number of rotatable bonds is 7. The third-order valence-corrected chi connectivity index (χ3v) is 4.71. The van der Waals surface area contributed by atoms with Gasteiger partial charge in [0.05, 0.1) is 19.9 Å². The van der Waals surface area contributed by atoms with E-state index in [1.54, 1.807) is 30.3 Å². The number of para-hydroxylation sites is 3. The third-order valence-electron chi connectivity index (χ3n) is 4.71. The number of phenols is 1. The highest BCUT2D eigenvalue weighted by molar-refractivity contribution is 6.13. The largest absolute Gasteiger partial charge is 0.506 e. The molecule has 170 valence electrons. The van der Waals surface area contributed by atoms with Crippen molar-refractivity contribution in [2.45, 2.75) is 6.92 Å². The molecule has 0 radical (unpaired) electrons. The molecule has 0 fully saturated rings. The molecule has 3 N–H and O–H groups in total. The van der Waals surface area contributed by atoms with Crippen molar-refractivity contribution in [1.82, 2.24) is 0 Å². The highest BCUT2D eigenvalue weighted by Crippen LogP contribution is 2.33. The number of phenolic OH excluding ortho intramolecular Hbond substituents is 1. The molecular weight excluding hydrogens is 430 g/mol. The summed E-state index contributed by atoms with van der Waals surface area (Å²) in [7, 11) is 2.92. The van der Waals surface area contributed by atoms with E-state index in [1.807, 2.05) is 0 Å². The topological polar surface area (TPSA) is 139 Å². The fourth-order valence-electron chi connectivity index (χ4n) is 3.14. The Hall–Kier alpha value is -4.53. The molecule has 0 aliphatic heterocycles. The van der Waals surface area contributed by atoms with E-state index in [4.69, 9.17) is 13.9 Å². The molecule has 1 heterocycles. The summed E-state index contributed by atoms with van der Waals surface area (Å²) in [4.78, 5) is 29.2. The van der Waals surface area contributed by atoms with Crippen molar-refractivity contribution in [3.63, 3.8) is 0 Å². The quantitative estimate of drug-likeness (QED) is 0.280. The van der Waals surface area contributed by atoms with Crippen LogP contribution in [-0.2, 0) is 0 Å². The lowest BCUT2D eigenvalue weighted by atomic mass is 10.0. The summed E-state index contributed by atoms with van der Waals surface area (Å²) in [6.07, 6.45) is 2.47. The molecule has 0 amide bonds. The Morgan fingerprint density at radius 3 is 2.39 bits per heavy atom. The molecular formula is C24H21NO8. The van der Waals surface area contributed by atoms with Gasteiger partial charge in [0.1, 0.15) is 28.3 Å². The van der Waals surface area contributed by atoms with Crippen LogP contribution in [0.1, 0.15) is 28.4 Å². The summed E-state index contributed by atoms with van der Waals surface area (Å²) in [6.45, 7) is 1.39. The van der Waals surface area contributed by atoms with Crippen molar-refractivity contribution < 1.29 is 34.0 Å². The van der Waals surface area contributed by atoms with Crippen LogP contribution in [0.4, 0.5) is 5.69 Å². The average molecular weight is 451 g/mol. The molecule has 0 aliphatic carbocycles. The van der Waals surface area contributed by atoms with Gasteiger partial charge in [0.15, 0.2) is 17.3 Å². The number of methoxy groups -OCH3 is 2. The second-order valence-corrected chi connectivity index (χ2v) is 6.76. The summed E-state index contributed by atoms with van der Waals surface area (Å²) in [6, 6.07) is 11.2. The van der Waals surface area contributed by atoms with Crippen molar-refractivity contribution >= 4 is 23.3 Å². The van der Waals surface area contributed by atoms with Crippen molar-refractivity contribution in [2.24, 2.45) is 4.99 Å². The second-order valence-electron chi connectivity index (χ2n) is 6.76. The summed E-state index contributed by atoms with van der Waals surface area (Å²) in [5.74, 6) is -2.00. The van der Waals surface area contributed by atoms with E-state index in [1.165, 1.54) is 39.4 Å². The number of carbonyl (C=O) groups is 1. The number of ketones is 1. The van der Waals surface area contributed by atoms with Crippen LogP contribution in [0, 0.1) is 0 Å². The van der Waals surface area contributed by atoms with Gasteiger partial charge in [-0.05, 0) is 37.3 Å². The molecule has 0 unspecified atom stereocenters. The summed E-state index contributed by atoms with van der Waals surface area (Å²) < 4.78 is 15.3. The number of ether oxygens (including phenoxy) is 2. The summed E-state index contributed by atoms with van der Waals surface area (Å²) in [5.41, 5.74) is -1.54. The van der Waals surface area contributed by atoms with E-state index in [-0.39, 0.29) is 17.1 Å². The molecule has 9 heteroatoms. The van der Waals surface area contributed by atoms with E-state index in [9.17, 15) is 24.9 Å². The Morgan fingerprint density at radius 2 is 1.73 bits per heavy atom. The van der Waals surface area contributed by atoms with Crippen LogP contribution >= 0.6 is 0 Å². The molecule has 0 aliphatic rings. The van der Waals surface area contributed by atoms with E-state index in [2.05, 4.69) is 4.99 Å². The molecule has 0 atom stereocenters. The highest BCUT2D eigenvalue weighted by Gasteiger charge is 2.25. The number of aromatic hydroxyl groups is 3. The van der Waals surface area contributed by atoms with Crippen molar-refractivity contribution in [1.29, 1.82) is 0 Å². The molecule has 0 saturated carbocycles. The highest BCUT2D eigenvalue weighted by atomic mass is 16.5. The average Bonchev–Trinajstić information content (AvgIpc) is 2.78. The monoisotopic (exact) mass is 451 g/mol. The van der Waals surface area contributed by atoms with Gasteiger partial charge >= 0.3 is 5.63 Å². The van der Waals surface area contributed by atoms with Gasteiger partial charge in [0, 0.05) is 5.56 Å². The van der Waals surface area contributed by atoms with E-state index < -0.39 is 34.2 Å². The number of allylic oxidation sites excluding steroid dienone is 1. The van der Waals surface area contributed by atoms with Gasteiger partial charge in [-0.25, -0.2) is 9.79 Å². The third kappa shape index (κ3) is 4.72. The van der Waals surface area contributed by atoms with Gasteiger partial charge in [-0.3, -0.25) is 4.79 Å². The van der Waals surface area contributed by atoms with Gasteiger partial charge < -0.3 is 29.2 Å². The first-order chi connectivity index (χ1) is 15.8. The molecule has 1 aromatic heterocycles. The van der Waals surface area contributed by atoms with Gasteiger partial charge in [0.25, 0.3) is 5.95 Å². The SMILES string of the molecule is COc1cccc(C=CC(=O)c2c(O)oc(=O)c(C(C)=Nc3ccccc3O)c2O)c1OC. The molecule has 33 heavy (non-hydrogen) atoms. The van der Waals surface area contributed by atoms with Crippen LogP contribution in [0.5, 0.6) is 28.9 Å². The van der Waals surface area contributed by atoms with Crippen LogP contribution in [0.3, 0.4) is 0 Å². The minimum atomic E-state index is -1.10. The van der Waals surface area contributed by atoms with Gasteiger partial charge in [0.2, 0.25) is 0 Å². The van der Waals surface area contributed by atoms with E-state index in [0.29, 0.717) is 17.1 Å². The minimum absolute atomic E-state index is 0.0322. The Kier molecular flexibility index (Phi) is 6.82. The van der Waals surface area contributed by atoms with Crippen LogP contribution in [-0.4, -0.2) is 41.0 Å². The molecule has 0 spiro atoms. The van der Waals surface area contributed by atoms with Crippen LogP contribution in [0.15, 0.2) is 62.7 Å². The Morgan fingerprint density at radius 1 is 1.00 bits per heavy atom. The lowest BCUT2D eigenvalue weighted by Crippen LogP contribution is -2.15. The zero-order valence-corrected chi connectivity index (χ0v) is 18.0. The van der Waals surface area contributed by atoms with Crippen LogP contribution < -0.4 is 15.1 Å². The smallest absolute Gasteiger partial charge is 0.351 e. The van der Waals surface area contributed by atoms with Crippen LogP contribution in [0.2, 0.25) is 0 Å². The lowest BCUT2D eigenvalue weighted by molar-refractivity contribution is 0.103. The number of aliphatic imine (C=N–C) groups is 1. The molecule has 0 saturated heterocycles. The van der Waals surface area contributed by atoms with E-state index >= 15 is 0 Å². The summed E-state index contributed by atoms with van der Waals surface area (Å²) in [5, 5.41) is 30.6. The maximum Gasteiger partial charge on any atom is 0.351 e. The summed E-state index contributed by atoms with van der Waals surface area (Å²) >= 11 is 0. The molecule has 3 rings (SSSR count). The van der Waals surface area contributed by atoms with Gasteiger partial charge in [-0.15, -0.1) is 0 Å². The second kappa shape index (κ2) is 9.73. The normalized spacial score (nSPS) is 11.5. The number of carbonyl (C=O) groups excluding carboxylic acids is 1. The zero-order chi connectivity index (χ0) is 24.1. The number of hydrogen-bond acceptors (Lipinski definition) is 9. The predicted molar refractivity (Wildman–Crippen MR) is 121 cm³/mol. The maximum atomic E-state index is 12.8. The Labute approximate surface area is 188 Å². The molecule has 0 bridgehead atoms. The fourth-order valence-corrected chi connectivity index (χ4v) is 3.14. The van der Waals surface area contributed by atoms with Crippen molar-refractivity contribution in [2.75, 3.05) is 14.2 Å². The van der Waals surface area contributed by atoms with Crippen LogP contribution in [0.25, 0.3) is 6.08 Å². The molecule has 3 aromatic rings. The first-order valence-electron chi connectivity index (χ1n) is 9.64. The Balaban J connectivity index is 2.05. The standard InChI is InChI=1S/C24H21NO8/c1-13(25-15-8-4-5-9-16(15)26)19-21(28)20(24(30)33-23(19)29)17(27)12-11-14-7-6-10-18(31-2)22(14)32-3/h4-12,26,28,30H,1-3H3. The molecule has 2 aromatic carbocycles. The number of nitrogens with zero attached hydrogens (tertiary/aromatic N) is 1. The zero-order valence-electron chi connectivity index (χ0n) is 18.0. The minimum Gasteiger partial charge on any atom is -0.506 e. The van der Waals surface area contributed by atoms with Crippen molar-refractivity contribution in [3.05, 3.63) is 75.7 Å².